The Balaban J connectivity index is 1.69. The maximum atomic E-state index is 13.3. The Morgan fingerprint density at radius 2 is 2.16 bits per heavy atom. The molecule has 0 amide bonds. The molecule has 0 aromatic carbocycles. The van der Waals surface area contributed by atoms with E-state index in [1.54, 1.807) is 30.0 Å². The van der Waals surface area contributed by atoms with Gasteiger partial charge in [0.1, 0.15) is 0 Å². The van der Waals surface area contributed by atoms with E-state index in [0.29, 0.717) is 28.5 Å². The van der Waals surface area contributed by atoms with E-state index in [9.17, 15) is 9.59 Å². The number of nitrogens with one attached hydrogen (secondary N) is 1. The first-order chi connectivity index (χ1) is 15.2. The first-order valence-electron chi connectivity index (χ1n) is 10.4. The van der Waals surface area contributed by atoms with Crippen molar-refractivity contribution in [3.05, 3.63) is 44.4 Å². The van der Waals surface area contributed by atoms with Gasteiger partial charge in [-0.15, -0.1) is 21.5 Å². The van der Waals surface area contributed by atoms with Crippen molar-refractivity contribution in [2.24, 2.45) is 5.41 Å². The summed E-state index contributed by atoms with van der Waals surface area (Å²) >= 11 is 4.50. The molecule has 1 unspecified atom stereocenters. The standard InChI is InChI=1S/C22H26N4O3S3/c1-5-29-19(28)16-11(2)24-13-7-22(3,4)8-14(27)17(13)18(16)15-6-12(9-30-15)10-31-21-26-25-20(23)32-21/h6,9,18,24H,5,7-8,10H2,1-4H3,(H2,23,25). The molecule has 7 nitrogen and oxygen atoms in total. The number of carbonyl (C=O) groups excluding carboxylic acids is 2. The molecule has 0 radical (unpaired) electrons. The minimum atomic E-state index is -0.408. The van der Waals surface area contributed by atoms with E-state index in [4.69, 9.17) is 10.5 Å². The van der Waals surface area contributed by atoms with Crippen LogP contribution >= 0.6 is 34.4 Å². The molecular weight excluding hydrogens is 464 g/mol. The van der Waals surface area contributed by atoms with Crippen LogP contribution in [0.2, 0.25) is 0 Å². The number of hydrogen-bond acceptors (Lipinski definition) is 10. The largest absolute Gasteiger partial charge is 0.463 e. The minimum Gasteiger partial charge on any atom is -0.463 e. The second kappa shape index (κ2) is 8.99. The lowest BCUT2D eigenvalue weighted by Gasteiger charge is -2.39. The number of thiophene rings is 1. The highest BCUT2D eigenvalue weighted by Crippen LogP contribution is 2.48. The summed E-state index contributed by atoms with van der Waals surface area (Å²) in [4.78, 5) is 27.2. The zero-order valence-electron chi connectivity index (χ0n) is 18.5. The summed E-state index contributed by atoms with van der Waals surface area (Å²) in [7, 11) is 0. The average molecular weight is 491 g/mol. The van der Waals surface area contributed by atoms with E-state index >= 15 is 0 Å². The van der Waals surface area contributed by atoms with E-state index in [-0.39, 0.29) is 23.8 Å². The zero-order chi connectivity index (χ0) is 23.0. The fourth-order valence-electron chi connectivity index (χ4n) is 4.25. The van der Waals surface area contributed by atoms with Gasteiger partial charge >= 0.3 is 5.97 Å². The van der Waals surface area contributed by atoms with Gasteiger partial charge in [0.05, 0.1) is 18.1 Å². The van der Waals surface area contributed by atoms with Gasteiger partial charge in [-0.1, -0.05) is 36.9 Å². The van der Waals surface area contributed by atoms with Crippen LogP contribution < -0.4 is 11.1 Å². The molecule has 0 fully saturated rings. The fraction of sp³-hybridized carbons (Fsp3) is 0.455. The van der Waals surface area contributed by atoms with E-state index in [1.807, 2.05) is 6.92 Å². The van der Waals surface area contributed by atoms with Crippen LogP contribution in [0.25, 0.3) is 0 Å². The van der Waals surface area contributed by atoms with Gasteiger partial charge in [-0.3, -0.25) is 4.79 Å². The maximum absolute atomic E-state index is 13.3. The molecule has 1 aliphatic carbocycles. The number of anilines is 1. The quantitative estimate of drug-likeness (QED) is 0.445. The number of Topliss-reactive ketones (excluding diaryl/α,β-unsaturated/α-hetero) is 1. The van der Waals surface area contributed by atoms with Gasteiger partial charge in [-0.2, -0.15) is 0 Å². The van der Waals surface area contributed by atoms with Crippen LogP contribution in [0, 0.1) is 5.41 Å². The summed E-state index contributed by atoms with van der Waals surface area (Å²) in [6.45, 7) is 8.17. The Morgan fingerprint density at radius 1 is 1.38 bits per heavy atom. The molecule has 2 aromatic rings. The molecule has 1 atom stereocenters. The predicted molar refractivity (Wildman–Crippen MR) is 128 cm³/mol. The Labute approximate surface area is 199 Å². The number of dihydropyridines is 1. The molecule has 0 bridgehead atoms. The summed E-state index contributed by atoms with van der Waals surface area (Å²) in [6, 6.07) is 2.09. The molecule has 32 heavy (non-hydrogen) atoms. The molecule has 4 rings (SSSR count). The molecule has 3 N–H and O–H groups in total. The highest BCUT2D eigenvalue weighted by molar-refractivity contribution is 8.00. The van der Waals surface area contributed by atoms with Gasteiger partial charge in [0.15, 0.2) is 10.1 Å². The number of nitrogens with two attached hydrogens (primary N) is 1. The molecule has 0 saturated carbocycles. The van der Waals surface area contributed by atoms with Crippen molar-refractivity contribution >= 4 is 51.3 Å². The molecule has 3 heterocycles. The molecule has 2 aromatic heterocycles. The lowest BCUT2D eigenvalue weighted by Crippen LogP contribution is -2.38. The van der Waals surface area contributed by atoms with Crippen LogP contribution in [0.1, 0.15) is 56.9 Å². The monoisotopic (exact) mass is 490 g/mol. The number of rotatable bonds is 6. The van der Waals surface area contributed by atoms with Crippen molar-refractivity contribution in [2.45, 2.75) is 56.5 Å². The molecular formula is C22H26N4O3S3. The first kappa shape index (κ1) is 23.0. The summed E-state index contributed by atoms with van der Waals surface area (Å²) in [5, 5.41) is 13.8. The highest BCUT2D eigenvalue weighted by Gasteiger charge is 2.43. The van der Waals surface area contributed by atoms with Gasteiger partial charge in [0.25, 0.3) is 0 Å². The summed E-state index contributed by atoms with van der Waals surface area (Å²) in [5.41, 5.74) is 9.57. The van der Waals surface area contributed by atoms with E-state index < -0.39 is 5.92 Å². The molecule has 1 aliphatic heterocycles. The number of ketones is 1. The lowest BCUT2D eigenvalue weighted by molar-refractivity contribution is -0.138. The van der Waals surface area contributed by atoms with Crippen LogP contribution in [0.5, 0.6) is 0 Å². The highest BCUT2D eigenvalue weighted by atomic mass is 32.2. The second-order valence-corrected chi connectivity index (χ2v) is 11.9. The molecule has 170 valence electrons. The maximum Gasteiger partial charge on any atom is 0.336 e. The van der Waals surface area contributed by atoms with E-state index in [1.165, 1.54) is 11.3 Å². The van der Waals surface area contributed by atoms with Gasteiger partial charge in [-0.25, -0.2) is 4.79 Å². The van der Waals surface area contributed by atoms with Gasteiger partial charge in [-0.05, 0) is 42.7 Å². The summed E-state index contributed by atoms with van der Waals surface area (Å²) < 4.78 is 6.19. The average Bonchev–Trinajstić information content (AvgIpc) is 3.33. The number of thioether (sulfide) groups is 1. The van der Waals surface area contributed by atoms with Crippen molar-refractivity contribution in [3.63, 3.8) is 0 Å². The van der Waals surface area contributed by atoms with Crippen molar-refractivity contribution < 1.29 is 14.3 Å². The Morgan fingerprint density at radius 3 is 2.84 bits per heavy atom. The predicted octanol–water partition coefficient (Wildman–Crippen LogP) is 4.64. The number of esters is 1. The molecule has 0 saturated heterocycles. The summed E-state index contributed by atoms with van der Waals surface area (Å²) in [5.74, 6) is 0.0207. The number of hydrogen-bond donors (Lipinski definition) is 2. The Bertz CT molecular complexity index is 1130. The molecule has 0 spiro atoms. The Hall–Kier alpha value is -2.17. The third-order valence-corrected chi connectivity index (χ3v) is 8.48. The number of carbonyl (C=O) groups is 2. The van der Waals surface area contributed by atoms with Crippen LogP contribution in [0.4, 0.5) is 5.13 Å². The van der Waals surface area contributed by atoms with Crippen LogP contribution in [0.15, 0.2) is 38.3 Å². The smallest absolute Gasteiger partial charge is 0.336 e. The number of ether oxygens (including phenoxy) is 1. The van der Waals surface area contributed by atoms with Gasteiger partial charge in [0.2, 0.25) is 5.13 Å². The number of nitrogens with zero attached hydrogens (tertiary/aromatic N) is 2. The number of allylic oxidation sites excluding steroid dienone is 3. The molecule has 2 aliphatic rings. The zero-order valence-corrected chi connectivity index (χ0v) is 20.9. The number of aromatic nitrogens is 2. The van der Waals surface area contributed by atoms with Crippen molar-refractivity contribution in [1.82, 2.24) is 15.5 Å². The van der Waals surface area contributed by atoms with Gasteiger partial charge in [0, 0.05) is 34.0 Å². The summed E-state index contributed by atoms with van der Waals surface area (Å²) in [6.07, 6.45) is 1.23. The van der Waals surface area contributed by atoms with Crippen LogP contribution in [-0.4, -0.2) is 28.6 Å². The third-order valence-electron chi connectivity index (χ3n) is 5.48. The van der Waals surface area contributed by atoms with Crippen molar-refractivity contribution in [3.8, 4) is 0 Å². The lowest BCUT2D eigenvalue weighted by atomic mass is 9.70. The van der Waals surface area contributed by atoms with Crippen molar-refractivity contribution in [1.29, 1.82) is 0 Å². The first-order valence-corrected chi connectivity index (χ1v) is 13.1. The van der Waals surface area contributed by atoms with Crippen LogP contribution in [0.3, 0.4) is 0 Å². The Kier molecular flexibility index (Phi) is 6.46. The molecule has 10 heteroatoms. The normalized spacial score (nSPS) is 20.2. The second-order valence-electron chi connectivity index (χ2n) is 8.70. The van der Waals surface area contributed by atoms with Crippen molar-refractivity contribution in [2.75, 3.05) is 12.3 Å². The van der Waals surface area contributed by atoms with E-state index in [2.05, 4.69) is 40.8 Å². The topological polar surface area (TPSA) is 107 Å². The fourth-order valence-corrected chi connectivity index (χ4v) is 6.95. The minimum absolute atomic E-state index is 0.0942. The van der Waals surface area contributed by atoms with Crippen LogP contribution in [-0.2, 0) is 20.1 Å². The SMILES string of the molecule is CCOC(=O)C1=C(C)NC2=C(C(=O)CC(C)(C)C2)C1c1cc(CSc2nnc(N)s2)cs1. The number of nitrogen functional groups attached to an aromatic ring is 1. The van der Waals surface area contributed by atoms with E-state index in [0.717, 1.165) is 32.6 Å². The van der Waals surface area contributed by atoms with Gasteiger partial charge < -0.3 is 15.8 Å². The third kappa shape index (κ3) is 4.62.